The molecular formula is C12H13BrF2N2O4S. The number of ether oxygens (including phenoxy) is 1. The molecule has 0 aliphatic carbocycles. The molecule has 0 spiro atoms. The number of morpholine rings is 1. The van der Waals surface area contributed by atoms with Crippen LogP contribution in [-0.2, 0) is 19.6 Å². The molecule has 1 aliphatic heterocycles. The number of primary amides is 1. The van der Waals surface area contributed by atoms with Crippen molar-refractivity contribution in [2.75, 3.05) is 13.2 Å². The maximum atomic E-state index is 14.0. The maximum Gasteiger partial charge on any atom is 0.246 e. The fraction of sp³-hybridized carbons (Fsp3) is 0.417. The lowest BCUT2D eigenvalue weighted by Crippen LogP contribution is -2.58. The predicted octanol–water partition coefficient (Wildman–Crippen LogP) is 0.991. The average Bonchev–Trinajstić information content (AvgIpc) is 2.41. The zero-order valence-electron chi connectivity index (χ0n) is 11.4. The number of amides is 1. The number of nitrogens with two attached hydrogens (primary N) is 1. The van der Waals surface area contributed by atoms with Gasteiger partial charge >= 0.3 is 0 Å². The summed E-state index contributed by atoms with van der Waals surface area (Å²) < 4.78 is 58.4. The fourth-order valence-corrected chi connectivity index (χ4v) is 4.28. The highest BCUT2D eigenvalue weighted by molar-refractivity contribution is 9.10. The van der Waals surface area contributed by atoms with E-state index in [9.17, 15) is 22.0 Å². The minimum Gasteiger partial charge on any atom is -0.375 e. The van der Waals surface area contributed by atoms with E-state index in [1.807, 2.05) is 0 Å². The number of halogens is 3. The number of carbonyl (C=O) groups excluding carboxylic acids is 1. The lowest BCUT2D eigenvalue weighted by Gasteiger charge is -2.36. The van der Waals surface area contributed by atoms with Crippen molar-refractivity contribution >= 4 is 31.9 Å². The largest absolute Gasteiger partial charge is 0.375 e. The van der Waals surface area contributed by atoms with Crippen LogP contribution in [0.5, 0.6) is 0 Å². The van der Waals surface area contributed by atoms with Crippen LogP contribution in [0.25, 0.3) is 0 Å². The molecule has 0 unspecified atom stereocenters. The third-order valence-corrected chi connectivity index (χ3v) is 5.80. The Labute approximate surface area is 134 Å². The Bertz CT molecular complexity index is 713. The van der Waals surface area contributed by atoms with Gasteiger partial charge < -0.3 is 10.5 Å². The zero-order chi connectivity index (χ0) is 16.7. The van der Waals surface area contributed by atoms with Crippen LogP contribution in [0, 0.1) is 11.6 Å². The van der Waals surface area contributed by atoms with Crippen molar-refractivity contribution in [1.82, 2.24) is 4.31 Å². The van der Waals surface area contributed by atoms with Crippen LogP contribution in [0.2, 0.25) is 0 Å². The molecule has 1 aromatic rings. The summed E-state index contributed by atoms with van der Waals surface area (Å²) in [5.41, 5.74) is 5.21. The highest BCUT2D eigenvalue weighted by atomic mass is 79.9. The van der Waals surface area contributed by atoms with E-state index in [1.165, 1.54) is 6.92 Å². The van der Waals surface area contributed by atoms with Gasteiger partial charge in [0.2, 0.25) is 15.9 Å². The van der Waals surface area contributed by atoms with Crippen LogP contribution < -0.4 is 5.73 Å². The van der Waals surface area contributed by atoms with Crippen LogP contribution in [0.15, 0.2) is 21.5 Å². The molecule has 10 heteroatoms. The number of nitrogens with zero attached hydrogens (tertiary/aromatic N) is 1. The summed E-state index contributed by atoms with van der Waals surface area (Å²) in [4.78, 5) is 10.7. The van der Waals surface area contributed by atoms with Crippen molar-refractivity contribution < 1.29 is 26.7 Å². The normalized spacial score (nSPS) is 23.5. The van der Waals surface area contributed by atoms with Crippen molar-refractivity contribution in [3.63, 3.8) is 0 Å². The van der Waals surface area contributed by atoms with E-state index >= 15 is 0 Å². The highest BCUT2D eigenvalue weighted by Crippen LogP contribution is 2.28. The Morgan fingerprint density at radius 3 is 2.64 bits per heavy atom. The van der Waals surface area contributed by atoms with Crippen molar-refractivity contribution in [1.29, 1.82) is 0 Å². The van der Waals surface area contributed by atoms with Gasteiger partial charge in [0, 0.05) is 6.54 Å². The van der Waals surface area contributed by atoms with Gasteiger partial charge in [-0.3, -0.25) is 4.79 Å². The third kappa shape index (κ3) is 3.00. The standard InChI is InChI=1S/C12H13BrF2N2O4S/c1-6-11(12(16)18)17(2-3-21-6)22(19,20)10-5-8(14)7(13)4-9(10)15/h4-6,11H,2-3H2,1H3,(H2,16,18)/t6-,11+/m1/s1. The van der Waals surface area contributed by atoms with Gasteiger partial charge in [-0.1, -0.05) is 0 Å². The van der Waals surface area contributed by atoms with Crippen molar-refractivity contribution in [2.45, 2.75) is 24.0 Å². The number of hydrogen-bond donors (Lipinski definition) is 1. The molecule has 2 rings (SSSR count). The second kappa shape index (κ2) is 6.19. The first-order valence-corrected chi connectivity index (χ1v) is 8.47. The SMILES string of the molecule is C[C@H]1OCCN(S(=O)(=O)c2cc(F)c(Br)cc2F)[C@@H]1C(N)=O. The fourth-order valence-electron chi connectivity index (χ4n) is 2.26. The Morgan fingerprint density at radius 1 is 1.41 bits per heavy atom. The van der Waals surface area contributed by atoms with Gasteiger partial charge in [-0.2, -0.15) is 4.31 Å². The maximum absolute atomic E-state index is 14.0. The van der Waals surface area contributed by atoms with Crippen molar-refractivity contribution in [3.8, 4) is 0 Å². The van der Waals surface area contributed by atoms with Gasteiger partial charge in [0.25, 0.3) is 0 Å². The Kier molecular flexibility index (Phi) is 4.85. The van der Waals surface area contributed by atoms with Crippen LogP contribution in [-0.4, -0.2) is 43.9 Å². The van der Waals surface area contributed by atoms with Gasteiger partial charge in [-0.25, -0.2) is 17.2 Å². The minimum absolute atomic E-state index is 0.0187. The van der Waals surface area contributed by atoms with Gasteiger partial charge in [0.1, 0.15) is 22.6 Å². The molecule has 1 amide bonds. The number of rotatable bonds is 3. The Morgan fingerprint density at radius 2 is 2.05 bits per heavy atom. The van der Waals surface area contributed by atoms with E-state index in [-0.39, 0.29) is 17.6 Å². The third-order valence-electron chi connectivity index (χ3n) is 3.30. The summed E-state index contributed by atoms with van der Waals surface area (Å²) >= 11 is 2.77. The van der Waals surface area contributed by atoms with Crippen LogP contribution in [0.4, 0.5) is 8.78 Å². The number of sulfonamides is 1. The van der Waals surface area contributed by atoms with E-state index in [4.69, 9.17) is 10.5 Å². The molecule has 1 saturated heterocycles. The Balaban J connectivity index is 2.53. The Hall–Kier alpha value is -1.10. The molecule has 1 aromatic carbocycles. The number of benzene rings is 1. The average molecular weight is 399 g/mol. The molecule has 0 radical (unpaired) electrons. The minimum atomic E-state index is -4.44. The summed E-state index contributed by atoms with van der Waals surface area (Å²) in [6, 6.07) is -0.0111. The molecule has 6 nitrogen and oxygen atoms in total. The second-order valence-electron chi connectivity index (χ2n) is 4.74. The molecule has 2 N–H and O–H groups in total. The molecule has 22 heavy (non-hydrogen) atoms. The molecule has 1 heterocycles. The summed E-state index contributed by atoms with van der Waals surface area (Å²) in [5, 5.41) is 0. The molecule has 2 atom stereocenters. The van der Waals surface area contributed by atoms with Crippen LogP contribution >= 0.6 is 15.9 Å². The highest BCUT2D eigenvalue weighted by Gasteiger charge is 2.42. The van der Waals surface area contributed by atoms with Gasteiger partial charge in [0.05, 0.1) is 17.2 Å². The van der Waals surface area contributed by atoms with Gasteiger partial charge in [0.15, 0.2) is 0 Å². The van der Waals surface area contributed by atoms with E-state index in [0.29, 0.717) is 12.1 Å². The summed E-state index contributed by atoms with van der Waals surface area (Å²) in [5.74, 6) is -2.98. The van der Waals surface area contributed by atoms with Crippen LogP contribution in [0.1, 0.15) is 6.92 Å². The molecule has 122 valence electrons. The quantitative estimate of drug-likeness (QED) is 0.768. The zero-order valence-corrected chi connectivity index (χ0v) is 13.8. The summed E-state index contributed by atoms with van der Waals surface area (Å²) in [7, 11) is -4.44. The van der Waals surface area contributed by atoms with E-state index in [1.54, 1.807) is 0 Å². The topological polar surface area (TPSA) is 89.7 Å². The van der Waals surface area contributed by atoms with Gasteiger partial charge in [-0.05, 0) is 35.0 Å². The smallest absolute Gasteiger partial charge is 0.246 e. The van der Waals surface area contributed by atoms with Crippen LogP contribution in [0.3, 0.4) is 0 Å². The summed E-state index contributed by atoms with van der Waals surface area (Å²) in [6.45, 7) is 1.32. The monoisotopic (exact) mass is 398 g/mol. The lowest BCUT2D eigenvalue weighted by atomic mass is 10.1. The first kappa shape index (κ1) is 17.3. The molecule has 0 bridgehead atoms. The van der Waals surface area contributed by atoms with E-state index in [0.717, 1.165) is 4.31 Å². The first-order chi connectivity index (χ1) is 10.2. The van der Waals surface area contributed by atoms with E-state index < -0.39 is 44.6 Å². The first-order valence-electron chi connectivity index (χ1n) is 6.23. The lowest BCUT2D eigenvalue weighted by molar-refractivity contribution is -0.130. The molecule has 1 fully saturated rings. The predicted molar refractivity (Wildman–Crippen MR) is 76.3 cm³/mol. The van der Waals surface area contributed by atoms with Crippen molar-refractivity contribution in [3.05, 3.63) is 28.2 Å². The molecule has 1 aliphatic rings. The van der Waals surface area contributed by atoms with Gasteiger partial charge in [-0.15, -0.1) is 0 Å². The molecule has 0 aromatic heterocycles. The second-order valence-corrected chi connectivity index (χ2v) is 7.45. The van der Waals surface area contributed by atoms with E-state index in [2.05, 4.69) is 15.9 Å². The number of hydrogen-bond acceptors (Lipinski definition) is 4. The molecule has 0 saturated carbocycles. The summed E-state index contributed by atoms with van der Waals surface area (Å²) in [6.07, 6.45) is -0.788. The molecular weight excluding hydrogens is 386 g/mol. The van der Waals surface area contributed by atoms with Crippen molar-refractivity contribution in [2.24, 2.45) is 5.73 Å². The number of carbonyl (C=O) groups is 1.